The first-order valence-electron chi connectivity index (χ1n) is 30.6. The van der Waals surface area contributed by atoms with Gasteiger partial charge in [-0.3, -0.25) is 9.59 Å². The number of carboxylic acids is 2. The van der Waals surface area contributed by atoms with Crippen LogP contribution in [0.15, 0.2) is 36.4 Å². The Balaban J connectivity index is 1.08. The van der Waals surface area contributed by atoms with Gasteiger partial charge in [-0.05, 0) is 217 Å². The van der Waals surface area contributed by atoms with E-state index >= 15 is 0 Å². The summed E-state index contributed by atoms with van der Waals surface area (Å²) in [4.78, 5) is 53.1. The van der Waals surface area contributed by atoms with Crippen LogP contribution < -0.4 is 0 Å². The predicted molar refractivity (Wildman–Crippen MR) is 301 cm³/mol. The zero-order chi connectivity index (χ0) is 57.7. The van der Waals surface area contributed by atoms with Crippen molar-refractivity contribution in [2.75, 3.05) is 0 Å². The van der Waals surface area contributed by atoms with E-state index in [1.165, 1.54) is 12.1 Å². The third-order valence-electron chi connectivity index (χ3n) is 18.6. The number of aliphatic hydroxyl groups excluding tert-OH is 2. The number of esters is 2. The number of aliphatic hydroxyl groups is 2. The Labute approximate surface area is 475 Å². The average Bonchev–Trinajstić information content (AvgIpc) is 3.42. The summed E-state index contributed by atoms with van der Waals surface area (Å²) in [6.07, 6.45) is 11.7. The van der Waals surface area contributed by atoms with Crippen molar-refractivity contribution >= 4 is 23.9 Å². The maximum atomic E-state index is 14.4. The van der Waals surface area contributed by atoms with Crippen LogP contribution >= 0.6 is 0 Å². The number of carbonyl (C=O) groups excluding carboxylic acids is 2. The number of benzene rings is 2. The van der Waals surface area contributed by atoms with Crippen molar-refractivity contribution in [1.82, 2.24) is 0 Å². The molecule has 16 heteroatoms. The van der Waals surface area contributed by atoms with Crippen molar-refractivity contribution in [3.63, 3.8) is 0 Å². The Hall–Kier alpha value is -4.32. The molecule has 2 aromatic carbocycles. The van der Waals surface area contributed by atoms with Gasteiger partial charge in [0, 0.05) is 12.8 Å². The molecule has 4 fully saturated rings. The summed E-state index contributed by atoms with van der Waals surface area (Å²) >= 11 is 0. The molecular formula is C64H96O16. The molecular weight excluding hydrogens is 1020 g/mol. The molecule has 0 aliphatic carbocycles. The number of phenols is 2. The maximum Gasteiger partial charge on any atom is 0.342 e. The minimum absolute atomic E-state index is 0.0299. The predicted octanol–water partition coefficient (Wildman–Crippen LogP) is 11.6. The van der Waals surface area contributed by atoms with Crippen LogP contribution in [-0.2, 0) is 50.9 Å². The highest BCUT2D eigenvalue weighted by molar-refractivity contribution is 5.95. The number of aromatic hydroxyl groups is 2. The molecule has 2 aromatic rings. The van der Waals surface area contributed by atoms with Crippen molar-refractivity contribution < 1.29 is 78.2 Å². The summed E-state index contributed by atoms with van der Waals surface area (Å²) in [6, 6.07) is 10.2. The number of hydrogen-bond donors (Lipinski definition) is 6. The fourth-order valence-corrected chi connectivity index (χ4v) is 13.2. The third-order valence-corrected chi connectivity index (χ3v) is 18.6. The number of cyclic esters (lactones) is 2. The smallest absolute Gasteiger partial charge is 0.342 e. The van der Waals surface area contributed by atoms with Gasteiger partial charge in [-0.15, -0.1) is 0 Å². The van der Waals surface area contributed by atoms with Crippen molar-refractivity contribution in [1.29, 1.82) is 0 Å². The Morgan fingerprint density at radius 2 is 0.838 bits per heavy atom. The lowest BCUT2D eigenvalue weighted by molar-refractivity contribution is -0.168. The van der Waals surface area contributed by atoms with Crippen molar-refractivity contribution in [2.24, 2.45) is 22.7 Å². The summed E-state index contributed by atoms with van der Waals surface area (Å²) in [5, 5.41) is 65.8. The van der Waals surface area contributed by atoms with Crippen LogP contribution in [0.2, 0.25) is 0 Å². The van der Waals surface area contributed by atoms with Gasteiger partial charge in [0.1, 0.15) is 34.8 Å². The highest BCUT2D eigenvalue weighted by Gasteiger charge is 2.43. The number of ether oxygens (including phenoxy) is 6. The van der Waals surface area contributed by atoms with Crippen LogP contribution in [0.25, 0.3) is 0 Å². The molecule has 0 amide bonds. The molecule has 0 unspecified atom stereocenters. The molecule has 7 rings (SSSR count). The fourth-order valence-electron chi connectivity index (χ4n) is 13.2. The van der Waals surface area contributed by atoms with Crippen LogP contribution in [0.1, 0.15) is 227 Å². The zero-order valence-electron chi connectivity index (χ0n) is 48.7. The maximum absolute atomic E-state index is 14.4. The van der Waals surface area contributed by atoms with Gasteiger partial charge in [0.15, 0.2) is 0 Å². The van der Waals surface area contributed by atoms with Gasteiger partial charge < -0.3 is 59.1 Å². The number of carboxylic acid groups (broad SMARTS) is 2. The van der Waals surface area contributed by atoms with Gasteiger partial charge in [0.25, 0.3) is 0 Å². The highest BCUT2D eigenvalue weighted by atomic mass is 16.6. The molecule has 6 N–H and O–H groups in total. The molecule has 5 aliphatic rings. The summed E-state index contributed by atoms with van der Waals surface area (Å²) in [5.41, 5.74) is -0.609. The molecule has 0 spiro atoms. The number of aryl methyl sites for hydroxylation is 2. The van der Waals surface area contributed by atoms with E-state index in [2.05, 4.69) is 0 Å². The first-order chi connectivity index (χ1) is 38.1. The lowest BCUT2D eigenvalue weighted by atomic mass is 9.81. The quantitative estimate of drug-likeness (QED) is 0.108. The van der Waals surface area contributed by atoms with Crippen molar-refractivity contribution in [3.8, 4) is 11.5 Å². The Kier molecular flexibility index (Phi) is 23.2. The van der Waals surface area contributed by atoms with E-state index in [1.54, 1.807) is 39.8 Å². The van der Waals surface area contributed by atoms with E-state index in [1.807, 2.05) is 26.0 Å². The average molecular weight is 1120 g/mol. The third kappa shape index (κ3) is 17.4. The number of fused-ring (bicyclic) bond motifs is 6. The summed E-state index contributed by atoms with van der Waals surface area (Å²) < 4.78 is 38.9. The number of hydrogen-bond acceptors (Lipinski definition) is 14. The number of rotatable bonds is 12. The second-order valence-electron chi connectivity index (χ2n) is 25.7. The molecule has 16 nitrogen and oxygen atoms in total. The molecule has 4 bridgehead atoms. The van der Waals surface area contributed by atoms with Gasteiger partial charge in [-0.25, -0.2) is 9.59 Å². The Bertz CT molecular complexity index is 2170. The fraction of sp³-hybridized carbons (Fsp3) is 0.750. The van der Waals surface area contributed by atoms with Gasteiger partial charge in [0.2, 0.25) is 0 Å². The molecule has 0 radical (unpaired) electrons. The Morgan fingerprint density at radius 3 is 1.21 bits per heavy atom. The first-order valence-corrected chi connectivity index (χ1v) is 30.6. The lowest BCUT2D eigenvalue weighted by Crippen LogP contribution is -2.44. The minimum atomic E-state index is -1.09. The van der Waals surface area contributed by atoms with E-state index in [0.717, 1.165) is 64.2 Å². The van der Waals surface area contributed by atoms with Crippen molar-refractivity contribution in [2.45, 2.75) is 282 Å². The molecule has 0 aromatic heterocycles. The molecule has 5 aliphatic heterocycles. The van der Waals surface area contributed by atoms with Crippen LogP contribution in [0.4, 0.5) is 0 Å². The van der Waals surface area contributed by atoms with Crippen LogP contribution in [0.3, 0.4) is 0 Å². The zero-order valence-corrected chi connectivity index (χ0v) is 48.7. The van der Waals surface area contributed by atoms with Gasteiger partial charge >= 0.3 is 23.9 Å². The molecule has 0 saturated carbocycles. The van der Waals surface area contributed by atoms with E-state index in [4.69, 9.17) is 28.4 Å². The van der Waals surface area contributed by atoms with Crippen LogP contribution in [0, 0.1) is 22.7 Å². The largest absolute Gasteiger partial charge is 0.507 e. The van der Waals surface area contributed by atoms with Gasteiger partial charge in [0.05, 0.1) is 71.9 Å². The topological polar surface area (TPSA) is 245 Å². The second kappa shape index (κ2) is 29.3. The van der Waals surface area contributed by atoms with Gasteiger partial charge in [-0.1, -0.05) is 38.1 Å². The Morgan fingerprint density at radius 1 is 0.487 bits per heavy atom. The summed E-state index contributed by atoms with van der Waals surface area (Å²) in [5.74, 6) is -3.90. The minimum Gasteiger partial charge on any atom is -0.507 e. The van der Waals surface area contributed by atoms with Gasteiger partial charge in [-0.2, -0.15) is 0 Å². The molecule has 14 atom stereocenters. The van der Waals surface area contributed by atoms with Crippen LogP contribution in [-0.4, -0.2) is 128 Å². The molecule has 5 heterocycles. The van der Waals surface area contributed by atoms with E-state index in [9.17, 15) is 49.8 Å². The molecule has 448 valence electrons. The van der Waals surface area contributed by atoms with E-state index in [0.29, 0.717) is 88.2 Å². The van der Waals surface area contributed by atoms with E-state index < -0.39 is 71.3 Å². The lowest BCUT2D eigenvalue weighted by Gasteiger charge is -2.38. The summed E-state index contributed by atoms with van der Waals surface area (Å²) in [6.45, 7) is 10.7. The molecule has 4 saturated heterocycles. The number of aliphatic carboxylic acids is 2. The normalized spacial score (nSPS) is 31.4. The number of phenolic OH excluding ortho intramolecular Hbond substituents is 2. The van der Waals surface area contributed by atoms with Crippen molar-refractivity contribution in [3.05, 3.63) is 58.7 Å². The molecule has 80 heavy (non-hydrogen) atoms. The van der Waals surface area contributed by atoms with Crippen LogP contribution in [0.5, 0.6) is 11.5 Å². The summed E-state index contributed by atoms with van der Waals surface area (Å²) in [7, 11) is 0. The van der Waals surface area contributed by atoms with E-state index in [-0.39, 0.29) is 96.8 Å². The second-order valence-corrected chi connectivity index (χ2v) is 25.7. The standard InChI is InChI=1S/C64H96O16/c1-39-31-33-47-23-11-21-45(75-47)19-8-16-42-18-10-28-52(68)58(42)60(70)80-54(38-44(66)36-50-26-14-30-56(78-50)64(5,6)62(73)74)40(2)32-34-48-24-12-22-46(76-48)20-7-15-41-17-9-27-51(67)57(41)59(69)79-53(39)37-43(65)35-49-25-13-29-55(77-49)63(3,4)61(71)72/h9-10,17-18,27-28,39-40,43-50,53-56,65-68H,7-8,11-16,19-26,29-38H2,1-6H3,(H,71,72)(H,73,74)/t39-,40-,43-,44-,45+,46+,47+,48+,49-,50-,53+,54+,55+,56+/m0/s1. The first kappa shape index (κ1) is 63.3. The highest BCUT2D eigenvalue weighted by Crippen LogP contribution is 2.39. The SMILES string of the molecule is C[C@H]1CC[C@H]2CCC[C@@H](CCCc3cccc(O)c3C(=O)O[C@H](C[C@@H](O)C[C@@H]3CCC[C@H](C(C)(C)C(=O)O)O3)[C@@H](C)CC[C@H]3CCC[C@@H](CCCc4cccc(O)c4C(=O)O[C@@H]1C[C@@H](O)C[C@@H]1CCC[C@H](C(C)(C)C(=O)O)O1)O3)O2. The number of carbonyl (C=O) groups is 4. The monoisotopic (exact) mass is 1120 g/mol.